The molecule has 3 aliphatic rings. The van der Waals surface area contributed by atoms with Crippen molar-refractivity contribution in [2.45, 2.75) is 420 Å². The van der Waals surface area contributed by atoms with Crippen LogP contribution in [-0.4, -0.2) is 193 Å². The Bertz CT molecular complexity index is 1640. The Morgan fingerprint density at radius 3 is 0.967 bits per heavy atom. The highest BCUT2D eigenvalue weighted by molar-refractivity contribution is 5.76. The SMILES string of the molecule is CCCCCCCCCCCCCCCCCCCCCCCCCCCCCCCCCC(O)C(COC1OC(CO)C(OC2OC(CO)C(OC3OC(CO)C(O)C(O)C3O)C(O)C2O)C(O)C1O)NC(=O)CCCCCCCCCCCCCCCC. The lowest BCUT2D eigenvalue weighted by molar-refractivity contribution is -0.379. The highest BCUT2D eigenvalue weighted by Gasteiger charge is 2.53. The van der Waals surface area contributed by atoms with E-state index < -0.39 is 124 Å². The van der Waals surface area contributed by atoms with Gasteiger partial charge in [-0.3, -0.25) is 4.79 Å². The van der Waals surface area contributed by atoms with Crippen LogP contribution in [0.4, 0.5) is 0 Å². The van der Waals surface area contributed by atoms with Crippen LogP contribution in [0.15, 0.2) is 0 Å². The quantitative estimate of drug-likeness (QED) is 0.0252. The van der Waals surface area contributed by atoms with E-state index >= 15 is 0 Å². The van der Waals surface area contributed by atoms with Crippen molar-refractivity contribution in [3.63, 3.8) is 0 Å². The molecular formula is C71H137NO18. The monoisotopic (exact) mass is 1290 g/mol. The summed E-state index contributed by atoms with van der Waals surface area (Å²) in [5.74, 6) is -0.237. The summed E-state index contributed by atoms with van der Waals surface area (Å²) < 4.78 is 34.4. The summed E-state index contributed by atoms with van der Waals surface area (Å²) in [6.07, 6.45) is 32.0. The number of amides is 1. The lowest BCUT2D eigenvalue weighted by Crippen LogP contribution is -2.66. The lowest BCUT2D eigenvalue weighted by Gasteiger charge is -2.48. The molecule has 0 aromatic carbocycles. The largest absolute Gasteiger partial charge is 0.394 e. The van der Waals surface area contributed by atoms with Gasteiger partial charge in [0.15, 0.2) is 18.9 Å². The molecule has 3 rings (SSSR count). The van der Waals surface area contributed by atoms with Crippen molar-refractivity contribution in [3.8, 4) is 0 Å². The molecule has 90 heavy (non-hydrogen) atoms. The summed E-state index contributed by atoms with van der Waals surface area (Å²) in [6.45, 7) is 1.84. The highest BCUT2D eigenvalue weighted by atomic mass is 16.8. The molecule has 0 bridgehead atoms. The van der Waals surface area contributed by atoms with E-state index in [0.717, 1.165) is 44.9 Å². The van der Waals surface area contributed by atoms with Crippen molar-refractivity contribution >= 4 is 5.91 Å². The Hall–Kier alpha value is -1.21. The third kappa shape index (κ3) is 35.2. The van der Waals surface area contributed by atoms with Gasteiger partial charge >= 0.3 is 0 Å². The first kappa shape index (κ1) is 83.0. The topological polar surface area (TPSA) is 307 Å². The molecule has 17 atom stereocenters. The van der Waals surface area contributed by atoms with Crippen LogP contribution in [0.5, 0.6) is 0 Å². The summed E-state index contributed by atoms with van der Waals surface area (Å²) in [4.78, 5) is 13.4. The third-order valence-electron chi connectivity index (χ3n) is 19.2. The van der Waals surface area contributed by atoms with Crippen LogP contribution in [0.1, 0.15) is 316 Å². The van der Waals surface area contributed by atoms with Gasteiger partial charge in [0.25, 0.3) is 0 Å². The fourth-order valence-corrected chi connectivity index (χ4v) is 13.1. The van der Waals surface area contributed by atoms with Crippen molar-refractivity contribution < 1.29 is 89.4 Å². The molecule has 0 radical (unpaired) electrons. The summed E-state index contributed by atoms with van der Waals surface area (Å²) in [6, 6.07) is -0.881. The van der Waals surface area contributed by atoms with E-state index in [1.165, 1.54) is 238 Å². The second-order valence-corrected chi connectivity index (χ2v) is 27.1. The van der Waals surface area contributed by atoms with Gasteiger partial charge < -0.3 is 89.9 Å². The van der Waals surface area contributed by atoms with Gasteiger partial charge in [0.1, 0.15) is 73.2 Å². The number of rotatable bonds is 59. The van der Waals surface area contributed by atoms with E-state index in [1.54, 1.807) is 0 Å². The predicted octanol–water partition coefficient (Wildman–Crippen LogP) is 10.7. The fourth-order valence-electron chi connectivity index (χ4n) is 13.1. The Labute approximate surface area is 544 Å². The molecule has 0 saturated carbocycles. The number of unbranched alkanes of at least 4 members (excludes halogenated alkanes) is 43. The van der Waals surface area contributed by atoms with Crippen LogP contribution in [0.25, 0.3) is 0 Å². The zero-order valence-electron chi connectivity index (χ0n) is 56.7. The minimum absolute atomic E-state index is 0.237. The number of carbonyl (C=O) groups excluding carboxylic acids is 1. The van der Waals surface area contributed by atoms with Crippen molar-refractivity contribution in [2.75, 3.05) is 26.4 Å². The van der Waals surface area contributed by atoms with Crippen LogP contribution in [0.2, 0.25) is 0 Å². The lowest BCUT2D eigenvalue weighted by atomic mass is 9.96. The summed E-state index contributed by atoms with van der Waals surface area (Å²) in [5, 5.41) is 121. The van der Waals surface area contributed by atoms with Crippen molar-refractivity contribution in [2.24, 2.45) is 0 Å². The Morgan fingerprint density at radius 2 is 0.633 bits per heavy atom. The van der Waals surface area contributed by atoms with Gasteiger partial charge in [-0.25, -0.2) is 0 Å². The molecule has 0 aromatic rings. The maximum atomic E-state index is 13.4. The van der Waals surface area contributed by atoms with Crippen molar-refractivity contribution in [1.29, 1.82) is 0 Å². The van der Waals surface area contributed by atoms with E-state index in [9.17, 15) is 61.0 Å². The number of hydrogen-bond donors (Lipinski definition) is 12. The first-order valence-electron chi connectivity index (χ1n) is 37.3. The second kappa shape index (κ2) is 53.9. The van der Waals surface area contributed by atoms with Gasteiger partial charge in [-0.2, -0.15) is 0 Å². The molecule has 3 fully saturated rings. The molecular weight excluding hydrogens is 1150 g/mol. The van der Waals surface area contributed by atoms with E-state index in [-0.39, 0.29) is 18.9 Å². The first-order valence-corrected chi connectivity index (χ1v) is 37.3. The number of hydrogen-bond acceptors (Lipinski definition) is 18. The zero-order chi connectivity index (χ0) is 65.4. The molecule has 3 aliphatic heterocycles. The average molecular weight is 1290 g/mol. The van der Waals surface area contributed by atoms with Crippen LogP contribution < -0.4 is 5.32 Å². The Kier molecular flexibility index (Phi) is 49.7. The number of aliphatic hydroxyl groups excluding tert-OH is 11. The molecule has 0 aromatic heterocycles. The van der Waals surface area contributed by atoms with Gasteiger partial charge in [0, 0.05) is 6.42 Å². The summed E-state index contributed by atoms with van der Waals surface area (Å²) in [5.41, 5.74) is 0. The highest BCUT2D eigenvalue weighted by Crippen LogP contribution is 2.33. The Morgan fingerprint density at radius 1 is 0.356 bits per heavy atom. The molecule has 0 spiro atoms. The average Bonchev–Trinajstić information content (AvgIpc) is 0.987. The smallest absolute Gasteiger partial charge is 0.220 e. The van der Waals surface area contributed by atoms with Crippen LogP contribution in [0, 0.1) is 0 Å². The molecule has 12 N–H and O–H groups in total. The van der Waals surface area contributed by atoms with Crippen LogP contribution in [-0.2, 0) is 33.2 Å². The predicted molar refractivity (Wildman–Crippen MR) is 351 cm³/mol. The number of nitrogens with one attached hydrogen (secondary N) is 1. The van der Waals surface area contributed by atoms with Gasteiger partial charge in [-0.15, -0.1) is 0 Å². The minimum atomic E-state index is -1.97. The molecule has 19 nitrogen and oxygen atoms in total. The van der Waals surface area contributed by atoms with E-state index in [4.69, 9.17) is 28.4 Å². The zero-order valence-corrected chi connectivity index (χ0v) is 56.7. The van der Waals surface area contributed by atoms with Gasteiger partial charge in [-0.1, -0.05) is 296 Å². The standard InChI is InChI=1S/C71H137NO18/c1-3-5-7-9-11-13-15-17-19-20-21-22-23-24-25-26-27-28-29-30-31-32-33-34-35-36-38-40-42-44-46-48-55(76)54(72-59(77)49-47-45-43-41-39-37-18-16-14-12-10-8-6-4-2)53-85-69-65(83)62(80)67(57(51-74)87-69)90-71-66(84)63(81)68(58(52-75)88-71)89-70-64(82)61(79)60(78)56(50-73)86-70/h54-58,60-71,73-76,78-84H,3-53H2,1-2H3,(H,72,77). The van der Waals surface area contributed by atoms with Crippen LogP contribution >= 0.6 is 0 Å². The summed E-state index contributed by atoms with van der Waals surface area (Å²) in [7, 11) is 0. The van der Waals surface area contributed by atoms with Crippen molar-refractivity contribution in [3.05, 3.63) is 0 Å². The van der Waals surface area contributed by atoms with E-state index in [0.29, 0.717) is 12.8 Å². The molecule has 19 heteroatoms. The normalized spacial score (nSPS) is 27.9. The summed E-state index contributed by atoms with van der Waals surface area (Å²) >= 11 is 0. The number of carbonyl (C=O) groups is 1. The molecule has 0 aliphatic carbocycles. The third-order valence-corrected chi connectivity index (χ3v) is 19.2. The molecule has 1 amide bonds. The van der Waals surface area contributed by atoms with Crippen LogP contribution in [0.3, 0.4) is 0 Å². The molecule has 3 saturated heterocycles. The number of aliphatic hydroxyl groups is 11. The maximum absolute atomic E-state index is 13.4. The molecule has 534 valence electrons. The molecule has 17 unspecified atom stereocenters. The van der Waals surface area contributed by atoms with Gasteiger partial charge in [0.05, 0.1) is 38.6 Å². The van der Waals surface area contributed by atoms with E-state index in [1.807, 2.05) is 0 Å². The Balaban J connectivity index is 1.36. The molecule has 3 heterocycles. The van der Waals surface area contributed by atoms with Gasteiger partial charge in [0.2, 0.25) is 5.91 Å². The van der Waals surface area contributed by atoms with Crippen molar-refractivity contribution in [1.82, 2.24) is 5.32 Å². The second-order valence-electron chi connectivity index (χ2n) is 27.1. The number of ether oxygens (including phenoxy) is 6. The minimum Gasteiger partial charge on any atom is -0.394 e. The van der Waals surface area contributed by atoms with E-state index in [2.05, 4.69) is 19.2 Å². The maximum Gasteiger partial charge on any atom is 0.220 e. The van der Waals surface area contributed by atoms with Gasteiger partial charge in [-0.05, 0) is 12.8 Å². The first-order chi connectivity index (χ1) is 43.8. The fraction of sp³-hybridized carbons (Fsp3) is 0.986.